The zero-order valence-corrected chi connectivity index (χ0v) is 9.95. The zero-order chi connectivity index (χ0) is 10.8. The van der Waals surface area contributed by atoms with Crippen LogP contribution in [0.4, 0.5) is 5.82 Å². The van der Waals surface area contributed by atoms with E-state index in [0.717, 1.165) is 21.2 Å². The molecule has 3 heteroatoms. The van der Waals surface area contributed by atoms with E-state index < -0.39 is 0 Å². The van der Waals surface area contributed by atoms with Crippen LogP contribution in [0.1, 0.15) is 5.56 Å². The van der Waals surface area contributed by atoms with Crippen LogP contribution in [0.5, 0.6) is 0 Å². The van der Waals surface area contributed by atoms with Crippen molar-refractivity contribution in [3.63, 3.8) is 0 Å². The maximum absolute atomic E-state index is 5.61. The summed E-state index contributed by atoms with van der Waals surface area (Å²) in [5.74, 6) is 0.563. The lowest BCUT2D eigenvalue weighted by atomic mass is 10.0. The minimum Gasteiger partial charge on any atom is -0.384 e. The number of aromatic nitrogens is 1. The van der Waals surface area contributed by atoms with Crippen LogP contribution in [-0.2, 0) is 0 Å². The second-order valence-electron chi connectivity index (χ2n) is 3.43. The lowest BCUT2D eigenvalue weighted by molar-refractivity contribution is 1.29. The van der Waals surface area contributed by atoms with Crippen molar-refractivity contribution in [2.45, 2.75) is 6.92 Å². The fraction of sp³-hybridized carbons (Fsp3) is 0.0833. The number of rotatable bonds is 1. The summed E-state index contributed by atoms with van der Waals surface area (Å²) < 4.78 is 1.08. The van der Waals surface area contributed by atoms with Crippen molar-refractivity contribution in [1.82, 2.24) is 4.98 Å². The van der Waals surface area contributed by atoms with Crippen LogP contribution in [0.2, 0.25) is 0 Å². The van der Waals surface area contributed by atoms with Gasteiger partial charge in [-0.15, -0.1) is 0 Å². The second kappa shape index (κ2) is 4.03. The van der Waals surface area contributed by atoms with Gasteiger partial charge in [-0.05, 0) is 36.2 Å². The average Bonchev–Trinajstić information content (AvgIpc) is 2.20. The average molecular weight is 263 g/mol. The minimum absolute atomic E-state index is 0.563. The molecule has 0 spiro atoms. The Hall–Kier alpha value is -1.35. The lowest BCUT2D eigenvalue weighted by Crippen LogP contribution is -1.92. The van der Waals surface area contributed by atoms with Crippen molar-refractivity contribution in [2.75, 3.05) is 5.73 Å². The molecule has 2 nitrogen and oxygen atoms in total. The van der Waals surface area contributed by atoms with Gasteiger partial charge in [0.25, 0.3) is 0 Å². The molecule has 76 valence electrons. The highest BCUT2D eigenvalue weighted by Crippen LogP contribution is 2.24. The van der Waals surface area contributed by atoms with Crippen LogP contribution in [0.15, 0.2) is 41.0 Å². The van der Waals surface area contributed by atoms with Crippen molar-refractivity contribution in [1.29, 1.82) is 0 Å². The number of nitrogens with zero attached hydrogens (tertiary/aromatic N) is 1. The molecule has 0 amide bonds. The van der Waals surface area contributed by atoms with Crippen molar-refractivity contribution < 1.29 is 0 Å². The summed E-state index contributed by atoms with van der Waals surface area (Å²) >= 11 is 3.41. The first-order chi connectivity index (χ1) is 7.16. The third-order valence-electron chi connectivity index (χ3n) is 2.29. The minimum atomic E-state index is 0.563. The Bertz CT molecular complexity index is 477. The predicted octanol–water partition coefficient (Wildman–Crippen LogP) is 3.40. The molecule has 0 radical (unpaired) electrons. The molecule has 2 N–H and O–H groups in total. The molecule has 1 aromatic heterocycles. The normalized spacial score (nSPS) is 10.3. The van der Waals surface area contributed by atoms with Crippen LogP contribution < -0.4 is 5.73 Å². The van der Waals surface area contributed by atoms with Gasteiger partial charge >= 0.3 is 0 Å². The highest BCUT2D eigenvalue weighted by molar-refractivity contribution is 9.10. The summed E-state index contributed by atoms with van der Waals surface area (Å²) in [7, 11) is 0. The molecule has 0 saturated heterocycles. The van der Waals surface area contributed by atoms with Gasteiger partial charge in [0.15, 0.2) is 0 Å². The van der Waals surface area contributed by atoms with Gasteiger partial charge in [0, 0.05) is 16.2 Å². The van der Waals surface area contributed by atoms with E-state index >= 15 is 0 Å². The van der Waals surface area contributed by atoms with Crippen molar-refractivity contribution in [2.24, 2.45) is 0 Å². The molecular weight excluding hydrogens is 252 g/mol. The highest BCUT2D eigenvalue weighted by atomic mass is 79.9. The molecule has 0 atom stereocenters. The van der Waals surface area contributed by atoms with E-state index in [2.05, 4.69) is 33.0 Å². The number of anilines is 1. The monoisotopic (exact) mass is 262 g/mol. The number of hydrogen-bond donors (Lipinski definition) is 1. The topological polar surface area (TPSA) is 38.9 Å². The first kappa shape index (κ1) is 10.2. The number of pyridine rings is 1. The van der Waals surface area contributed by atoms with Gasteiger partial charge in [-0.2, -0.15) is 0 Å². The van der Waals surface area contributed by atoms with E-state index in [9.17, 15) is 0 Å². The fourth-order valence-corrected chi connectivity index (χ4v) is 1.77. The Morgan fingerprint density at radius 1 is 1.20 bits per heavy atom. The first-order valence-electron chi connectivity index (χ1n) is 4.65. The molecule has 2 rings (SSSR count). The molecule has 2 aromatic rings. The molecule has 1 aromatic carbocycles. The van der Waals surface area contributed by atoms with E-state index in [-0.39, 0.29) is 0 Å². The number of nitrogens with two attached hydrogens (primary N) is 1. The van der Waals surface area contributed by atoms with Gasteiger partial charge in [0.1, 0.15) is 5.82 Å². The van der Waals surface area contributed by atoms with Crippen LogP contribution in [0.25, 0.3) is 11.1 Å². The molecule has 1 heterocycles. The van der Waals surface area contributed by atoms with Crippen LogP contribution in [0, 0.1) is 6.92 Å². The van der Waals surface area contributed by atoms with Gasteiger partial charge in [-0.3, -0.25) is 0 Å². The molecule has 0 aliphatic rings. The first-order valence-corrected chi connectivity index (χ1v) is 5.44. The predicted molar refractivity (Wildman–Crippen MR) is 66.5 cm³/mol. The molecule has 0 aliphatic heterocycles. The molecule has 0 aliphatic carbocycles. The van der Waals surface area contributed by atoms with E-state index in [0.29, 0.717) is 5.82 Å². The summed E-state index contributed by atoms with van der Waals surface area (Å²) in [4.78, 5) is 4.10. The SMILES string of the molecule is Cc1cc(N)ncc1-c1ccc(Br)cc1. The molecule has 0 fully saturated rings. The lowest BCUT2D eigenvalue weighted by Gasteiger charge is -2.06. The Kier molecular flexibility index (Phi) is 2.73. The number of benzene rings is 1. The standard InChI is InChI=1S/C12H11BrN2/c1-8-6-12(14)15-7-11(8)9-2-4-10(13)5-3-9/h2-7H,1H3,(H2,14,15). The summed E-state index contributed by atoms with van der Waals surface area (Å²) in [6.07, 6.45) is 1.81. The van der Waals surface area contributed by atoms with Crippen molar-refractivity contribution >= 4 is 21.7 Å². The Balaban J connectivity index is 2.49. The van der Waals surface area contributed by atoms with Crippen molar-refractivity contribution in [3.05, 3.63) is 46.6 Å². The largest absolute Gasteiger partial charge is 0.384 e. The number of nitrogen functional groups attached to an aromatic ring is 1. The van der Waals surface area contributed by atoms with Crippen LogP contribution in [-0.4, -0.2) is 4.98 Å². The molecule has 0 bridgehead atoms. The molecular formula is C12H11BrN2. The van der Waals surface area contributed by atoms with Gasteiger partial charge in [0.2, 0.25) is 0 Å². The van der Waals surface area contributed by atoms with Gasteiger partial charge in [-0.25, -0.2) is 4.98 Å². The van der Waals surface area contributed by atoms with Gasteiger partial charge in [0.05, 0.1) is 0 Å². The van der Waals surface area contributed by atoms with Crippen LogP contribution in [0.3, 0.4) is 0 Å². The summed E-state index contributed by atoms with van der Waals surface area (Å²) in [5.41, 5.74) is 9.03. The second-order valence-corrected chi connectivity index (χ2v) is 4.35. The Morgan fingerprint density at radius 3 is 2.47 bits per heavy atom. The summed E-state index contributed by atoms with van der Waals surface area (Å²) in [5, 5.41) is 0. The highest BCUT2D eigenvalue weighted by Gasteiger charge is 2.02. The van der Waals surface area contributed by atoms with E-state index in [1.807, 2.05) is 31.3 Å². The number of aryl methyl sites for hydroxylation is 1. The van der Waals surface area contributed by atoms with E-state index in [1.54, 1.807) is 0 Å². The molecule has 0 unspecified atom stereocenters. The maximum Gasteiger partial charge on any atom is 0.123 e. The zero-order valence-electron chi connectivity index (χ0n) is 8.37. The summed E-state index contributed by atoms with van der Waals surface area (Å²) in [6.45, 7) is 2.04. The molecule has 0 saturated carbocycles. The van der Waals surface area contributed by atoms with Gasteiger partial charge in [-0.1, -0.05) is 28.1 Å². The Labute approximate surface area is 97.3 Å². The number of hydrogen-bond acceptors (Lipinski definition) is 2. The molecule has 15 heavy (non-hydrogen) atoms. The third kappa shape index (κ3) is 2.18. The van der Waals surface area contributed by atoms with E-state index in [1.165, 1.54) is 0 Å². The number of halogens is 1. The summed E-state index contributed by atoms with van der Waals surface area (Å²) in [6, 6.07) is 10.0. The third-order valence-corrected chi connectivity index (χ3v) is 2.82. The smallest absolute Gasteiger partial charge is 0.123 e. The quantitative estimate of drug-likeness (QED) is 0.856. The van der Waals surface area contributed by atoms with Gasteiger partial charge < -0.3 is 5.73 Å². The van der Waals surface area contributed by atoms with Crippen molar-refractivity contribution in [3.8, 4) is 11.1 Å². The Morgan fingerprint density at radius 2 is 1.87 bits per heavy atom. The van der Waals surface area contributed by atoms with E-state index in [4.69, 9.17) is 5.73 Å². The maximum atomic E-state index is 5.61. The van der Waals surface area contributed by atoms with Crippen LogP contribution >= 0.6 is 15.9 Å². The fourth-order valence-electron chi connectivity index (χ4n) is 1.51.